The maximum atomic E-state index is 12.3. The van der Waals surface area contributed by atoms with Crippen molar-refractivity contribution in [3.63, 3.8) is 0 Å². The molecular weight excluding hydrogens is 414 g/mol. The summed E-state index contributed by atoms with van der Waals surface area (Å²) in [5, 5.41) is 14.6. The predicted molar refractivity (Wildman–Crippen MR) is 113 cm³/mol. The van der Waals surface area contributed by atoms with Gasteiger partial charge in [-0.2, -0.15) is 0 Å². The highest BCUT2D eigenvalue weighted by Crippen LogP contribution is 2.30. The summed E-state index contributed by atoms with van der Waals surface area (Å²) in [6.07, 6.45) is 1.49. The number of carbonyl (C=O) groups is 1. The topological polar surface area (TPSA) is 72.7 Å². The van der Waals surface area contributed by atoms with Gasteiger partial charge in [-0.25, -0.2) is 4.98 Å². The molecule has 6 nitrogen and oxygen atoms in total. The number of rotatable bonds is 6. The summed E-state index contributed by atoms with van der Waals surface area (Å²) in [6.45, 7) is 0. The fourth-order valence-electron chi connectivity index (χ4n) is 2.50. The Bertz CT molecular complexity index is 1070. The molecule has 0 aliphatic rings. The number of thiophene rings is 1. The van der Waals surface area contributed by atoms with Crippen LogP contribution in [-0.4, -0.2) is 31.4 Å². The molecule has 1 N–H and O–H groups in total. The standard InChI is InChI=1S/C19H14ClN5OS2/c20-13-8-9-16(21-11-13)22-17(26)12-28-19-24-23-18(15-7-4-10-27-15)25(19)14-5-2-1-3-6-14/h1-11H,12H2,(H,21,22,26). The molecule has 0 bridgehead atoms. The van der Waals surface area contributed by atoms with Crippen molar-refractivity contribution in [2.45, 2.75) is 5.16 Å². The fourth-order valence-corrected chi connectivity index (χ4v) is 4.06. The lowest BCUT2D eigenvalue weighted by Crippen LogP contribution is -2.15. The second-order valence-corrected chi connectivity index (χ2v) is 7.98. The molecule has 0 spiro atoms. The minimum Gasteiger partial charge on any atom is -0.310 e. The Kier molecular flexibility index (Phi) is 5.70. The first-order valence-electron chi connectivity index (χ1n) is 8.29. The number of halogens is 1. The van der Waals surface area contributed by atoms with Gasteiger partial charge < -0.3 is 5.32 Å². The molecule has 0 aliphatic heterocycles. The van der Waals surface area contributed by atoms with E-state index in [0.29, 0.717) is 16.0 Å². The third-order valence-corrected chi connectivity index (χ3v) is 5.73. The minimum absolute atomic E-state index is 0.180. The van der Waals surface area contributed by atoms with Crippen molar-refractivity contribution in [1.82, 2.24) is 19.7 Å². The van der Waals surface area contributed by atoms with Crippen molar-refractivity contribution in [3.05, 3.63) is 71.2 Å². The van der Waals surface area contributed by atoms with E-state index in [9.17, 15) is 4.79 Å². The maximum absolute atomic E-state index is 12.3. The van der Waals surface area contributed by atoms with Gasteiger partial charge in [-0.1, -0.05) is 47.6 Å². The Morgan fingerprint density at radius 3 is 2.68 bits per heavy atom. The molecule has 3 aromatic heterocycles. The number of amides is 1. The second kappa shape index (κ2) is 8.55. The summed E-state index contributed by atoms with van der Waals surface area (Å²) in [6, 6.07) is 17.2. The zero-order chi connectivity index (χ0) is 19.3. The first kappa shape index (κ1) is 18.7. The van der Waals surface area contributed by atoms with E-state index in [0.717, 1.165) is 16.4 Å². The number of nitrogens with one attached hydrogen (secondary N) is 1. The molecule has 0 atom stereocenters. The third-order valence-electron chi connectivity index (χ3n) is 3.72. The van der Waals surface area contributed by atoms with Crippen molar-refractivity contribution in [2.75, 3.05) is 11.1 Å². The van der Waals surface area contributed by atoms with Gasteiger partial charge in [0, 0.05) is 11.9 Å². The van der Waals surface area contributed by atoms with Crippen LogP contribution in [0.3, 0.4) is 0 Å². The highest BCUT2D eigenvalue weighted by atomic mass is 35.5. The normalized spacial score (nSPS) is 10.8. The summed E-state index contributed by atoms with van der Waals surface area (Å²) in [7, 11) is 0. The van der Waals surface area contributed by atoms with Crippen LogP contribution in [0, 0.1) is 0 Å². The second-order valence-electron chi connectivity index (χ2n) is 5.65. The lowest BCUT2D eigenvalue weighted by Gasteiger charge is -2.09. The average Bonchev–Trinajstić information content (AvgIpc) is 3.38. The monoisotopic (exact) mass is 427 g/mol. The van der Waals surface area contributed by atoms with E-state index in [-0.39, 0.29) is 11.7 Å². The van der Waals surface area contributed by atoms with Gasteiger partial charge in [-0.05, 0) is 35.7 Å². The van der Waals surface area contributed by atoms with Gasteiger partial charge in [0.2, 0.25) is 5.91 Å². The van der Waals surface area contributed by atoms with Crippen LogP contribution < -0.4 is 5.32 Å². The number of para-hydroxylation sites is 1. The Balaban J connectivity index is 1.54. The number of benzene rings is 1. The van der Waals surface area contributed by atoms with Gasteiger partial charge in [-0.3, -0.25) is 9.36 Å². The first-order chi connectivity index (χ1) is 13.7. The number of anilines is 1. The smallest absolute Gasteiger partial charge is 0.236 e. The summed E-state index contributed by atoms with van der Waals surface area (Å²) in [5.74, 6) is 1.21. The summed E-state index contributed by atoms with van der Waals surface area (Å²) >= 11 is 8.73. The highest BCUT2D eigenvalue weighted by molar-refractivity contribution is 7.99. The average molecular weight is 428 g/mol. The van der Waals surface area contributed by atoms with Crippen LogP contribution in [0.25, 0.3) is 16.4 Å². The third kappa shape index (κ3) is 4.24. The van der Waals surface area contributed by atoms with Crippen molar-refractivity contribution in [3.8, 4) is 16.4 Å². The lowest BCUT2D eigenvalue weighted by atomic mass is 10.3. The molecule has 0 aliphatic carbocycles. The molecule has 0 unspecified atom stereocenters. The molecule has 0 saturated carbocycles. The zero-order valence-electron chi connectivity index (χ0n) is 14.4. The Labute approximate surface area is 174 Å². The number of aromatic nitrogens is 4. The van der Waals surface area contributed by atoms with Crippen LogP contribution in [0.4, 0.5) is 5.82 Å². The van der Waals surface area contributed by atoms with Gasteiger partial charge in [0.1, 0.15) is 5.82 Å². The van der Waals surface area contributed by atoms with E-state index in [2.05, 4.69) is 20.5 Å². The van der Waals surface area contributed by atoms with Crippen LogP contribution in [0.2, 0.25) is 5.02 Å². The molecule has 0 fully saturated rings. The first-order valence-corrected chi connectivity index (χ1v) is 10.5. The molecule has 4 rings (SSSR count). The molecule has 0 saturated heterocycles. The Morgan fingerprint density at radius 1 is 1.11 bits per heavy atom. The van der Waals surface area contributed by atoms with Crippen LogP contribution in [0.5, 0.6) is 0 Å². The van der Waals surface area contributed by atoms with Gasteiger partial charge in [0.05, 0.1) is 15.7 Å². The molecule has 140 valence electrons. The van der Waals surface area contributed by atoms with Gasteiger partial charge in [0.15, 0.2) is 11.0 Å². The number of hydrogen-bond donors (Lipinski definition) is 1. The van der Waals surface area contributed by atoms with Crippen LogP contribution in [0.1, 0.15) is 0 Å². The quantitative estimate of drug-likeness (QED) is 0.448. The van der Waals surface area contributed by atoms with Crippen LogP contribution >= 0.6 is 34.7 Å². The number of nitrogens with zero attached hydrogens (tertiary/aromatic N) is 4. The van der Waals surface area contributed by atoms with E-state index in [1.165, 1.54) is 18.0 Å². The minimum atomic E-state index is -0.180. The van der Waals surface area contributed by atoms with Crippen molar-refractivity contribution >= 4 is 46.4 Å². The molecule has 28 heavy (non-hydrogen) atoms. The Hall–Kier alpha value is -2.68. The molecule has 3 heterocycles. The number of carbonyl (C=O) groups excluding carboxylic acids is 1. The van der Waals surface area contributed by atoms with E-state index in [1.54, 1.807) is 23.5 Å². The van der Waals surface area contributed by atoms with Crippen molar-refractivity contribution < 1.29 is 4.79 Å². The van der Waals surface area contributed by atoms with Crippen molar-refractivity contribution in [2.24, 2.45) is 0 Å². The number of pyridine rings is 1. The maximum Gasteiger partial charge on any atom is 0.236 e. The van der Waals surface area contributed by atoms with E-state index >= 15 is 0 Å². The fraction of sp³-hybridized carbons (Fsp3) is 0.0526. The van der Waals surface area contributed by atoms with Crippen molar-refractivity contribution in [1.29, 1.82) is 0 Å². The zero-order valence-corrected chi connectivity index (χ0v) is 16.8. The molecule has 1 aromatic carbocycles. The van der Waals surface area contributed by atoms with E-state index in [4.69, 9.17) is 11.6 Å². The number of hydrogen-bond acceptors (Lipinski definition) is 6. The molecule has 1 amide bonds. The van der Waals surface area contributed by atoms with Gasteiger partial charge >= 0.3 is 0 Å². The SMILES string of the molecule is O=C(CSc1nnc(-c2cccs2)n1-c1ccccc1)Nc1ccc(Cl)cn1. The van der Waals surface area contributed by atoms with E-state index in [1.807, 2.05) is 52.4 Å². The van der Waals surface area contributed by atoms with E-state index < -0.39 is 0 Å². The summed E-state index contributed by atoms with van der Waals surface area (Å²) < 4.78 is 1.96. The summed E-state index contributed by atoms with van der Waals surface area (Å²) in [4.78, 5) is 17.4. The number of thioether (sulfide) groups is 1. The molecule has 4 aromatic rings. The summed E-state index contributed by atoms with van der Waals surface area (Å²) in [5.41, 5.74) is 0.943. The Morgan fingerprint density at radius 2 is 1.96 bits per heavy atom. The highest BCUT2D eigenvalue weighted by Gasteiger charge is 2.17. The van der Waals surface area contributed by atoms with Crippen LogP contribution in [-0.2, 0) is 4.79 Å². The molecule has 9 heteroatoms. The van der Waals surface area contributed by atoms with Gasteiger partial charge in [0.25, 0.3) is 0 Å². The molecule has 0 radical (unpaired) electrons. The largest absolute Gasteiger partial charge is 0.310 e. The van der Waals surface area contributed by atoms with Gasteiger partial charge in [-0.15, -0.1) is 21.5 Å². The predicted octanol–water partition coefficient (Wildman–Crippen LogP) is 4.78. The lowest BCUT2D eigenvalue weighted by molar-refractivity contribution is -0.113. The molecular formula is C19H14ClN5OS2. The van der Waals surface area contributed by atoms with Crippen LogP contribution in [0.15, 0.2) is 71.3 Å².